The first-order valence-electron chi connectivity index (χ1n) is 7.76. The van der Waals surface area contributed by atoms with Crippen LogP contribution in [0.4, 0.5) is 5.69 Å². The molecule has 24 heavy (non-hydrogen) atoms. The van der Waals surface area contributed by atoms with Crippen LogP contribution < -0.4 is 15.4 Å². The molecule has 1 fully saturated rings. The number of fused-ring (bicyclic) bond motifs is 1. The van der Waals surface area contributed by atoms with Gasteiger partial charge in [-0.3, -0.25) is 9.59 Å². The molecule has 2 aromatic rings. The fourth-order valence-electron chi connectivity index (χ4n) is 2.65. The maximum Gasteiger partial charge on any atom is 0.262 e. The summed E-state index contributed by atoms with van der Waals surface area (Å²) in [6, 6.07) is 1.52. The normalized spacial score (nSPS) is 17.5. The van der Waals surface area contributed by atoms with Gasteiger partial charge in [0.1, 0.15) is 10.7 Å². The molecule has 1 aliphatic carbocycles. The molecule has 2 aromatic heterocycles. The molecule has 1 saturated carbocycles. The molecule has 0 aromatic carbocycles. The van der Waals surface area contributed by atoms with Crippen molar-refractivity contribution in [3.63, 3.8) is 0 Å². The Morgan fingerprint density at radius 1 is 1.42 bits per heavy atom. The Labute approximate surface area is 142 Å². The van der Waals surface area contributed by atoms with Crippen LogP contribution in [-0.4, -0.2) is 28.4 Å². The van der Waals surface area contributed by atoms with E-state index in [1.165, 1.54) is 6.20 Å². The summed E-state index contributed by atoms with van der Waals surface area (Å²) in [6.45, 7) is 1.95. The van der Waals surface area contributed by atoms with Gasteiger partial charge in [-0.15, -0.1) is 11.3 Å². The minimum Gasteiger partial charge on any atom is -0.466 e. The minimum absolute atomic E-state index is 0.0568. The molecular weight excluding hydrogens is 328 g/mol. The van der Waals surface area contributed by atoms with Crippen molar-refractivity contribution in [3.05, 3.63) is 33.9 Å². The summed E-state index contributed by atoms with van der Waals surface area (Å²) < 4.78 is 5.21. The number of amides is 2. The number of nitrogens with zero attached hydrogens (tertiary/aromatic N) is 2. The Morgan fingerprint density at radius 3 is 2.96 bits per heavy atom. The van der Waals surface area contributed by atoms with Crippen molar-refractivity contribution in [1.29, 1.82) is 0 Å². The highest BCUT2D eigenvalue weighted by atomic mass is 32.1. The Balaban J connectivity index is 1.55. The molecule has 2 amide bonds. The second-order valence-electron chi connectivity index (χ2n) is 6.01. The maximum atomic E-state index is 12.6. The number of thiazole rings is 1. The van der Waals surface area contributed by atoms with Crippen LogP contribution in [0.25, 0.3) is 0 Å². The summed E-state index contributed by atoms with van der Waals surface area (Å²) in [7, 11) is 0. The quantitative estimate of drug-likeness (QED) is 0.885. The van der Waals surface area contributed by atoms with E-state index in [1.807, 2.05) is 13.1 Å². The lowest BCUT2D eigenvalue weighted by atomic mass is 10.1. The van der Waals surface area contributed by atoms with Crippen LogP contribution in [0.2, 0.25) is 0 Å². The Morgan fingerprint density at radius 2 is 2.25 bits per heavy atom. The van der Waals surface area contributed by atoms with E-state index in [0.717, 1.165) is 22.7 Å². The van der Waals surface area contributed by atoms with Crippen molar-refractivity contribution in [2.45, 2.75) is 25.8 Å². The zero-order valence-corrected chi connectivity index (χ0v) is 13.9. The fraction of sp³-hybridized carbons (Fsp3) is 0.375. The molecular formula is C16H16N4O3S. The number of aryl methyl sites for hydroxylation is 1. The van der Waals surface area contributed by atoms with Gasteiger partial charge < -0.3 is 15.4 Å². The van der Waals surface area contributed by atoms with Gasteiger partial charge in [0.05, 0.1) is 11.6 Å². The van der Waals surface area contributed by atoms with Gasteiger partial charge in [-0.05, 0) is 31.7 Å². The second-order valence-corrected chi connectivity index (χ2v) is 7.28. The molecule has 0 saturated heterocycles. The number of carbonyl (C=O) groups excluding carboxylic acids is 2. The number of aromatic nitrogens is 2. The van der Waals surface area contributed by atoms with Crippen molar-refractivity contribution in [1.82, 2.24) is 15.3 Å². The van der Waals surface area contributed by atoms with Crippen LogP contribution in [0, 0.1) is 12.8 Å². The Kier molecular flexibility index (Phi) is 3.68. The molecule has 1 aliphatic heterocycles. The first kappa shape index (κ1) is 15.1. The summed E-state index contributed by atoms with van der Waals surface area (Å²) in [5, 5.41) is 6.66. The van der Waals surface area contributed by atoms with Gasteiger partial charge in [0.25, 0.3) is 11.8 Å². The van der Waals surface area contributed by atoms with Crippen LogP contribution >= 0.6 is 11.3 Å². The third-order valence-corrected chi connectivity index (χ3v) is 5.01. The third kappa shape index (κ3) is 2.96. The van der Waals surface area contributed by atoms with Crippen LogP contribution in [0.5, 0.6) is 5.88 Å². The molecule has 2 aliphatic rings. The molecule has 0 spiro atoms. The van der Waals surface area contributed by atoms with Crippen LogP contribution in [-0.2, 0) is 4.79 Å². The lowest BCUT2D eigenvalue weighted by Gasteiger charge is -2.19. The van der Waals surface area contributed by atoms with E-state index >= 15 is 0 Å². The molecule has 4 rings (SSSR count). The summed E-state index contributed by atoms with van der Waals surface area (Å²) >= 11 is 1.61. The number of pyridine rings is 1. The number of hydrogen-bond acceptors (Lipinski definition) is 6. The molecule has 2 N–H and O–H groups in total. The van der Waals surface area contributed by atoms with E-state index in [-0.39, 0.29) is 24.5 Å². The van der Waals surface area contributed by atoms with Gasteiger partial charge in [0.2, 0.25) is 5.88 Å². The molecule has 1 atom stereocenters. The van der Waals surface area contributed by atoms with Crippen LogP contribution in [0.15, 0.2) is 18.5 Å². The van der Waals surface area contributed by atoms with E-state index in [2.05, 4.69) is 20.6 Å². The topological polar surface area (TPSA) is 93.2 Å². The number of ether oxygens (including phenoxy) is 1. The molecule has 7 nitrogen and oxygen atoms in total. The van der Waals surface area contributed by atoms with E-state index in [4.69, 9.17) is 4.74 Å². The highest BCUT2D eigenvalue weighted by Crippen LogP contribution is 2.42. The first-order chi connectivity index (χ1) is 11.6. The summed E-state index contributed by atoms with van der Waals surface area (Å²) in [5.41, 5.74) is 0.811. The summed E-state index contributed by atoms with van der Waals surface area (Å²) in [6.07, 6.45) is 5.48. The predicted molar refractivity (Wildman–Crippen MR) is 88.1 cm³/mol. The standard InChI is InChI=1S/C16H16N4O3S/c1-8-5-18-16(24-8)13(9-2-3-9)20-14(22)10-4-11-15(17-6-10)23-7-12(21)19-11/h4-6,9,13H,2-3,7H2,1H3,(H,19,21)(H,20,22)/t13-/m1/s1. The van der Waals surface area contributed by atoms with E-state index in [1.54, 1.807) is 17.4 Å². The third-order valence-electron chi connectivity index (χ3n) is 4.01. The number of nitrogens with one attached hydrogen (secondary N) is 2. The smallest absolute Gasteiger partial charge is 0.262 e. The van der Waals surface area contributed by atoms with Gasteiger partial charge in [0, 0.05) is 17.3 Å². The fourth-order valence-corrected chi connectivity index (χ4v) is 3.57. The van der Waals surface area contributed by atoms with E-state index in [9.17, 15) is 9.59 Å². The molecule has 0 unspecified atom stereocenters. The number of rotatable bonds is 4. The zero-order chi connectivity index (χ0) is 16.7. The second kappa shape index (κ2) is 5.86. The van der Waals surface area contributed by atoms with Crippen molar-refractivity contribution >= 4 is 28.8 Å². The Hall–Kier alpha value is -2.48. The predicted octanol–water partition coefficient (Wildman–Crippen LogP) is 2.06. The lowest BCUT2D eigenvalue weighted by Crippen LogP contribution is -2.31. The monoisotopic (exact) mass is 344 g/mol. The van der Waals surface area contributed by atoms with Gasteiger partial charge in [0.15, 0.2) is 6.61 Å². The van der Waals surface area contributed by atoms with E-state index in [0.29, 0.717) is 23.0 Å². The summed E-state index contributed by atoms with van der Waals surface area (Å²) in [4.78, 5) is 33.7. The highest BCUT2D eigenvalue weighted by molar-refractivity contribution is 7.11. The molecule has 3 heterocycles. The van der Waals surface area contributed by atoms with Gasteiger partial charge in [-0.2, -0.15) is 0 Å². The van der Waals surface area contributed by atoms with Gasteiger partial charge in [-0.25, -0.2) is 9.97 Å². The lowest BCUT2D eigenvalue weighted by molar-refractivity contribution is -0.118. The minimum atomic E-state index is -0.254. The maximum absolute atomic E-state index is 12.6. The van der Waals surface area contributed by atoms with Crippen LogP contribution in [0.1, 0.15) is 39.1 Å². The summed E-state index contributed by atoms with van der Waals surface area (Å²) in [5.74, 6) is 0.291. The van der Waals surface area contributed by atoms with Gasteiger partial charge >= 0.3 is 0 Å². The van der Waals surface area contributed by atoms with E-state index < -0.39 is 0 Å². The van der Waals surface area contributed by atoms with Crippen molar-refractivity contribution in [2.75, 3.05) is 11.9 Å². The average Bonchev–Trinajstić information content (AvgIpc) is 3.32. The molecule has 0 radical (unpaired) electrons. The largest absolute Gasteiger partial charge is 0.466 e. The zero-order valence-electron chi connectivity index (χ0n) is 13.0. The number of hydrogen-bond donors (Lipinski definition) is 2. The average molecular weight is 344 g/mol. The van der Waals surface area contributed by atoms with Gasteiger partial charge in [-0.1, -0.05) is 0 Å². The number of anilines is 1. The van der Waals surface area contributed by atoms with Crippen molar-refractivity contribution in [3.8, 4) is 5.88 Å². The Bertz CT molecular complexity index is 815. The molecule has 0 bridgehead atoms. The number of carbonyl (C=O) groups is 2. The van der Waals surface area contributed by atoms with Crippen molar-refractivity contribution < 1.29 is 14.3 Å². The highest BCUT2D eigenvalue weighted by Gasteiger charge is 2.35. The molecule has 124 valence electrons. The molecule has 8 heteroatoms. The van der Waals surface area contributed by atoms with Crippen LogP contribution in [0.3, 0.4) is 0 Å². The SMILES string of the molecule is Cc1cnc([C@H](NC(=O)c2cnc3c(c2)NC(=O)CO3)C2CC2)s1. The van der Waals surface area contributed by atoms with Crippen molar-refractivity contribution in [2.24, 2.45) is 5.92 Å². The first-order valence-corrected chi connectivity index (χ1v) is 8.57.